The SMILES string of the molecule is CC(C)(C)Cc1nc(-c2ccc(OCC(=O)c3ccc(F)cc3)cc2)no1. The molecule has 27 heavy (non-hydrogen) atoms. The highest BCUT2D eigenvalue weighted by atomic mass is 19.1. The van der Waals surface area contributed by atoms with Gasteiger partial charge >= 0.3 is 0 Å². The summed E-state index contributed by atoms with van der Waals surface area (Å²) in [4.78, 5) is 16.5. The topological polar surface area (TPSA) is 65.2 Å². The first-order valence-corrected chi connectivity index (χ1v) is 8.65. The molecule has 0 atom stereocenters. The van der Waals surface area contributed by atoms with Gasteiger partial charge in [0, 0.05) is 17.5 Å². The van der Waals surface area contributed by atoms with Gasteiger partial charge in [0.2, 0.25) is 11.7 Å². The van der Waals surface area contributed by atoms with Crippen molar-refractivity contribution in [2.45, 2.75) is 27.2 Å². The number of carbonyl (C=O) groups is 1. The Hall–Kier alpha value is -3.02. The van der Waals surface area contributed by atoms with Gasteiger partial charge in [0.25, 0.3) is 0 Å². The minimum absolute atomic E-state index is 0.0680. The highest BCUT2D eigenvalue weighted by molar-refractivity contribution is 5.97. The third-order valence-corrected chi connectivity index (χ3v) is 3.80. The fraction of sp³-hybridized carbons (Fsp3) is 0.286. The van der Waals surface area contributed by atoms with E-state index in [9.17, 15) is 9.18 Å². The molecule has 0 aliphatic rings. The second-order valence-corrected chi connectivity index (χ2v) is 7.49. The Morgan fingerprint density at radius 3 is 2.37 bits per heavy atom. The average Bonchev–Trinajstić information content (AvgIpc) is 3.07. The van der Waals surface area contributed by atoms with E-state index in [0.717, 1.165) is 5.56 Å². The molecule has 0 aliphatic carbocycles. The Bertz CT molecular complexity index is 910. The standard InChI is InChI=1S/C21H21FN2O3/c1-21(2,3)12-19-23-20(24-27-19)15-6-10-17(11-7-15)26-13-18(25)14-4-8-16(22)9-5-14/h4-11H,12-13H2,1-3H3. The predicted molar refractivity (Wildman–Crippen MR) is 99.1 cm³/mol. The molecule has 0 fully saturated rings. The summed E-state index contributed by atoms with van der Waals surface area (Å²) in [6.45, 7) is 6.20. The molecule has 1 aromatic heterocycles. The molecule has 0 aliphatic heterocycles. The highest BCUT2D eigenvalue weighted by Crippen LogP contribution is 2.23. The monoisotopic (exact) mass is 368 g/mol. The number of Topliss-reactive ketones (excluding diaryl/α,β-unsaturated/α-hetero) is 1. The largest absolute Gasteiger partial charge is 0.485 e. The van der Waals surface area contributed by atoms with Crippen LogP contribution in [-0.4, -0.2) is 22.5 Å². The lowest BCUT2D eigenvalue weighted by Gasteiger charge is -2.13. The molecule has 0 spiro atoms. The number of halogens is 1. The zero-order valence-corrected chi connectivity index (χ0v) is 15.5. The average molecular weight is 368 g/mol. The van der Waals surface area contributed by atoms with Gasteiger partial charge in [-0.15, -0.1) is 0 Å². The maximum absolute atomic E-state index is 12.9. The molecule has 0 bridgehead atoms. The Kier molecular flexibility index (Phi) is 5.35. The van der Waals surface area contributed by atoms with Gasteiger partial charge in [-0.25, -0.2) is 4.39 Å². The molecule has 140 valence electrons. The lowest BCUT2D eigenvalue weighted by Crippen LogP contribution is -2.11. The molecule has 5 nitrogen and oxygen atoms in total. The lowest BCUT2D eigenvalue weighted by molar-refractivity contribution is 0.0921. The molecule has 1 heterocycles. The fourth-order valence-electron chi connectivity index (χ4n) is 2.47. The van der Waals surface area contributed by atoms with E-state index in [2.05, 4.69) is 30.9 Å². The van der Waals surface area contributed by atoms with Gasteiger partial charge in [-0.05, 0) is 53.9 Å². The van der Waals surface area contributed by atoms with Crippen molar-refractivity contribution in [3.05, 3.63) is 65.8 Å². The minimum atomic E-state index is -0.379. The summed E-state index contributed by atoms with van der Waals surface area (Å²) in [7, 11) is 0. The van der Waals surface area contributed by atoms with Crippen molar-refractivity contribution in [2.24, 2.45) is 5.41 Å². The normalized spacial score (nSPS) is 11.4. The van der Waals surface area contributed by atoms with E-state index in [4.69, 9.17) is 9.26 Å². The summed E-state index contributed by atoms with van der Waals surface area (Å²) in [5.74, 6) is 1.07. The second kappa shape index (κ2) is 7.70. The molecule has 0 amide bonds. The number of carbonyl (C=O) groups excluding carboxylic acids is 1. The van der Waals surface area contributed by atoms with E-state index < -0.39 is 0 Å². The predicted octanol–water partition coefficient (Wildman–Crippen LogP) is 4.73. The molecular weight excluding hydrogens is 347 g/mol. The first kappa shape index (κ1) is 18.8. The van der Waals surface area contributed by atoms with E-state index in [1.165, 1.54) is 24.3 Å². The zero-order valence-electron chi connectivity index (χ0n) is 15.5. The molecule has 6 heteroatoms. The first-order valence-electron chi connectivity index (χ1n) is 8.65. The number of rotatable bonds is 6. The van der Waals surface area contributed by atoms with Crippen molar-refractivity contribution >= 4 is 5.78 Å². The quantitative estimate of drug-likeness (QED) is 0.589. The molecule has 2 aromatic carbocycles. The number of hydrogen-bond acceptors (Lipinski definition) is 5. The molecule has 0 radical (unpaired) electrons. The van der Waals surface area contributed by atoms with Crippen LogP contribution < -0.4 is 4.74 Å². The summed E-state index contributed by atoms with van der Waals surface area (Å²) in [6, 6.07) is 12.5. The van der Waals surface area contributed by atoms with Crippen LogP contribution in [0.15, 0.2) is 53.1 Å². The van der Waals surface area contributed by atoms with Gasteiger partial charge < -0.3 is 9.26 Å². The first-order chi connectivity index (χ1) is 12.8. The van der Waals surface area contributed by atoms with E-state index in [1.54, 1.807) is 12.1 Å². The summed E-state index contributed by atoms with van der Waals surface area (Å²) in [5.41, 5.74) is 1.28. The van der Waals surface area contributed by atoms with Crippen molar-refractivity contribution in [3.8, 4) is 17.1 Å². The van der Waals surface area contributed by atoms with Gasteiger partial charge in [-0.1, -0.05) is 25.9 Å². The van der Waals surface area contributed by atoms with Crippen molar-refractivity contribution in [1.82, 2.24) is 10.1 Å². The number of ether oxygens (including phenoxy) is 1. The number of nitrogens with zero attached hydrogens (tertiary/aromatic N) is 2. The number of hydrogen-bond donors (Lipinski definition) is 0. The fourth-order valence-corrected chi connectivity index (χ4v) is 2.47. The van der Waals surface area contributed by atoms with Crippen LogP contribution in [0.5, 0.6) is 5.75 Å². The third kappa shape index (κ3) is 5.23. The number of benzene rings is 2. The van der Waals surface area contributed by atoms with E-state index in [0.29, 0.717) is 29.4 Å². The molecule has 3 rings (SSSR count). The maximum atomic E-state index is 12.9. The Balaban J connectivity index is 1.60. The van der Waals surface area contributed by atoms with Crippen molar-refractivity contribution in [3.63, 3.8) is 0 Å². The van der Waals surface area contributed by atoms with Crippen LogP contribution in [0, 0.1) is 11.2 Å². The lowest BCUT2D eigenvalue weighted by atomic mass is 9.92. The second-order valence-electron chi connectivity index (χ2n) is 7.49. The van der Waals surface area contributed by atoms with Gasteiger partial charge in [0.1, 0.15) is 11.6 Å². The van der Waals surface area contributed by atoms with Gasteiger partial charge in [0.15, 0.2) is 12.4 Å². The zero-order chi connectivity index (χ0) is 19.4. The van der Waals surface area contributed by atoms with Crippen LogP contribution in [-0.2, 0) is 6.42 Å². The molecular formula is C21H21FN2O3. The van der Waals surface area contributed by atoms with E-state index in [1.807, 2.05) is 12.1 Å². The van der Waals surface area contributed by atoms with Crippen LogP contribution in [0.4, 0.5) is 4.39 Å². The smallest absolute Gasteiger partial charge is 0.227 e. The molecule has 3 aromatic rings. The molecule has 0 unspecified atom stereocenters. The van der Waals surface area contributed by atoms with Crippen molar-refractivity contribution < 1.29 is 18.4 Å². The van der Waals surface area contributed by atoms with Gasteiger partial charge in [-0.2, -0.15) is 4.98 Å². The van der Waals surface area contributed by atoms with E-state index >= 15 is 0 Å². The summed E-state index contributed by atoms with van der Waals surface area (Å²) >= 11 is 0. The van der Waals surface area contributed by atoms with Crippen molar-refractivity contribution in [2.75, 3.05) is 6.61 Å². The van der Waals surface area contributed by atoms with Crippen LogP contribution in [0.1, 0.15) is 37.0 Å². The number of aromatic nitrogens is 2. The van der Waals surface area contributed by atoms with Crippen LogP contribution >= 0.6 is 0 Å². The molecule has 0 saturated heterocycles. The summed E-state index contributed by atoms with van der Waals surface area (Å²) in [5, 5.41) is 4.01. The van der Waals surface area contributed by atoms with Crippen molar-refractivity contribution in [1.29, 1.82) is 0 Å². The Labute approximate surface area is 157 Å². The minimum Gasteiger partial charge on any atom is -0.485 e. The molecule has 0 saturated carbocycles. The van der Waals surface area contributed by atoms with Crippen LogP contribution in [0.3, 0.4) is 0 Å². The van der Waals surface area contributed by atoms with Gasteiger partial charge in [-0.3, -0.25) is 4.79 Å². The van der Waals surface area contributed by atoms with Crippen LogP contribution in [0.2, 0.25) is 0 Å². The third-order valence-electron chi connectivity index (χ3n) is 3.80. The Morgan fingerprint density at radius 2 is 1.74 bits per heavy atom. The van der Waals surface area contributed by atoms with Crippen LogP contribution in [0.25, 0.3) is 11.4 Å². The summed E-state index contributed by atoms with van der Waals surface area (Å²) in [6.07, 6.45) is 0.701. The molecule has 0 N–H and O–H groups in total. The highest BCUT2D eigenvalue weighted by Gasteiger charge is 2.17. The summed E-state index contributed by atoms with van der Waals surface area (Å²) < 4.78 is 23.7. The van der Waals surface area contributed by atoms with Gasteiger partial charge in [0.05, 0.1) is 0 Å². The maximum Gasteiger partial charge on any atom is 0.227 e. The van der Waals surface area contributed by atoms with E-state index in [-0.39, 0.29) is 23.6 Å². The number of ketones is 1. The Morgan fingerprint density at radius 1 is 1.07 bits per heavy atom.